The lowest BCUT2D eigenvalue weighted by atomic mass is 9.95. The largest absolute Gasteiger partial charge is 0.399 e. The lowest BCUT2D eigenvalue weighted by Gasteiger charge is -2.44. The molecule has 0 aliphatic carbocycles. The number of para-hydroxylation sites is 1. The van der Waals surface area contributed by atoms with Crippen molar-refractivity contribution in [1.29, 1.82) is 0 Å². The third-order valence-corrected chi connectivity index (χ3v) is 11.1. The summed E-state index contributed by atoms with van der Waals surface area (Å²) >= 11 is 0. The molecular weight excluding hydrogens is 598 g/mol. The molecule has 264 valence electrons. The number of nitrogen functional groups attached to an aromatic ring is 1. The van der Waals surface area contributed by atoms with Crippen molar-refractivity contribution in [3.63, 3.8) is 0 Å². The number of piperazine rings is 1. The van der Waals surface area contributed by atoms with E-state index in [0.717, 1.165) is 102 Å². The quantitative estimate of drug-likeness (QED) is 0.294. The molecule has 4 N–H and O–H groups in total. The number of urea groups is 1. The van der Waals surface area contributed by atoms with Crippen LogP contribution in [0.4, 0.5) is 10.5 Å². The van der Waals surface area contributed by atoms with E-state index in [1.54, 1.807) is 0 Å². The van der Waals surface area contributed by atoms with Gasteiger partial charge >= 0.3 is 6.03 Å². The second-order valence-electron chi connectivity index (χ2n) is 14.4. The summed E-state index contributed by atoms with van der Waals surface area (Å²) in [6.45, 7) is 17.1. The molecule has 3 amide bonds. The maximum Gasteiger partial charge on any atom is 0.318 e. The van der Waals surface area contributed by atoms with Gasteiger partial charge in [0.05, 0.1) is 0 Å². The van der Waals surface area contributed by atoms with Crippen molar-refractivity contribution in [3.8, 4) is 0 Å². The van der Waals surface area contributed by atoms with E-state index in [9.17, 15) is 9.59 Å². The number of likely N-dealkylation sites (tertiary alicyclic amines) is 2. The fraction of sp³-hybridized carbons (Fsp3) is 0.641. The Morgan fingerprint density at radius 2 is 1.48 bits per heavy atom. The zero-order valence-corrected chi connectivity index (χ0v) is 30.1. The summed E-state index contributed by atoms with van der Waals surface area (Å²) in [5.41, 5.74) is 11.9. The molecule has 0 spiro atoms. The Morgan fingerprint density at radius 1 is 0.812 bits per heavy atom. The molecular formula is C39H61N7O2. The third-order valence-electron chi connectivity index (χ3n) is 11.1. The summed E-state index contributed by atoms with van der Waals surface area (Å²) in [5.74, 6) is 0.0563. The van der Waals surface area contributed by atoms with Gasteiger partial charge in [-0.2, -0.15) is 0 Å². The number of amides is 3. The van der Waals surface area contributed by atoms with Gasteiger partial charge in [0.25, 0.3) is 0 Å². The van der Waals surface area contributed by atoms with E-state index < -0.39 is 6.04 Å². The summed E-state index contributed by atoms with van der Waals surface area (Å²) in [7, 11) is 0. The first kappa shape index (κ1) is 36.1. The highest BCUT2D eigenvalue weighted by molar-refractivity contribution is 5.87. The van der Waals surface area contributed by atoms with Crippen LogP contribution in [-0.4, -0.2) is 115 Å². The molecule has 2 aromatic rings. The Hall–Kier alpha value is -3.14. The lowest BCUT2D eigenvalue weighted by Crippen LogP contribution is -2.58. The Morgan fingerprint density at radius 3 is 2.12 bits per heavy atom. The van der Waals surface area contributed by atoms with E-state index in [0.29, 0.717) is 37.6 Å². The van der Waals surface area contributed by atoms with Gasteiger partial charge in [-0.25, -0.2) is 4.79 Å². The van der Waals surface area contributed by atoms with Gasteiger partial charge in [0, 0.05) is 82.6 Å². The minimum Gasteiger partial charge on any atom is -0.399 e. The normalized spacial score (nSPS) is 19.5. The zero-order valence-electron chi connectivity index (χ0n) is 30.1. The number of nitrogens with two attached hydrogens (primary N) is 1. The average molecular weight is 660 g/mol. The van der Waals surface area contributed by atoms with Gasteiger partial charge in [0.1, 0.15) is 6.04 Å². The second kappa shape index (κ2) is 17.5. The van der Waals surface area contributed by atoms with Crippen LogP contribution in [0.1, 0.15) is 75.6 Å². The molecule has 0 radical (unpaired) electrons. The van der Waals surface area contributed by atoms with Crippen molar-refractivity contribution in [2.45, 2.75) is 103 Å². The van der Waals surface area contributed by atoms with E-state index in [2.05, 4.69) is 72.4 Å². The fourth-order valence-electron chi connectivity index (χ4n) is 7.91. The Balaban J connectivity index is 1.16. The van der Waals surface area contributed by atoms with E-state index in [4.69, 9.17) is 5.73 Å². The monoisotopic (exact) mass is 659 g/mol. The van der Waals surface area contributed by atoms with Crippen LogP contribution in [0.15, 0.2) is 42.5 Å². The van der Waals surface area contributed by atoms with Crippen LogP contribution in [0.2, 0.25) is 0 Å². The van der Waals surface area contributed by atoms with Crippen LogP contribution in [0.25, 0.3) is 0 Å². The number of nitrogens with zero attached hydrogens (tertiary/aromatic N) is 4. The summed E-state index contributed by atoms with van der Waals surface area (Å²) < 4.78 is 0. The van der Waals surface area contributed by atoms with Crippen LogP contribution in [0, 0.1) is 0 Å². The fourth-order valence-corrected chi connectivity index (χ4v) is 7.91. The molecule has 9 heteroatoms. The van der Waals surface area contributed by atoms with Crippen molar-refractivity contribution in [3.05, 3.63) is 64.7 Å². The first-order chi connectivity index (χ1) is 23.2. The summed E-state index contributed by atoms with van der Waals surface area (Å²) in [4.78, 5) is 37.0. The maximum atomic E-state index is 14.2. The molecule has 5 rings (SSSR count). The van der Waals surface area contributed by atoms with Gasteiger partial charge in [-0.1, -0.05) is 50.2 Å². The predicted octanol–water partition coefficient (Wildman–Crippen LogP) is 4.33. The van der Waals surface area contributed by atoms with Gasteiger partial charge in [0.2, 0.25) is 5.91 Å². The molecule has 3 fully saturated rings. The molecule has 0 saturated carbocycles. The Bertz CT molecular complexity index is 1330. The first-order valence-electron chi connectivity index (χ1n) is 18.7. The van der Waals surface area contributed by atoms with E-state index in [-0.39, 0.29) is 11.9 Å². The number of benzene rings is 2. The van der Waals surface area contributed by atoms with Crippen LogP contribution in [0.3, 0.4) is 0 Å². The van der Waals surface area contributed by atoms with Crippen LogP contribution in [0.5, 0.6) is 0 Å². The summed E-state index contributed by atoms with van der Waals surface area (Å²) in [6, 6.07) is 15.4. The summed E-state index contributed by atoms with van der Waals surface area (Å²) in [5, 5.41) is 6.88. The number of piperidine rings is 2. The molecule has 1 atom stereocenters. The molecule has 3 aliphatic heterocycles. The number of aryl methyl sites for hydroxylation is 2. The van der Waals surface area contributed by atoms with Crippen molar-refractivity contribution in [2.24, 2.45) is 0 Å². The highest BCUT2D eigenvalue weighted by Gasteiger charge is 2.34. The molecule has 9 nitrogen and oxygen atoms in total. The number of carbonyl (C=O) groups excluding carboxylic acids is 2. The number of rotatable bonds is 12. The first-order valence-corrected chi connectivity index (χ1v) is 18.7. The van der Waals surface area contributed by atoms with Gasteiger partial charge in [0.15, 0.2) is 0 Å². The molecule has 2 aromatic carbocycles. The predicted molar refractivity (Wildman–Crippen MR) is 196 cm³/mol. The molecule has 0 bridgehead atoms. The summed E-state index contributed by atoms with van der Waals surface area (Å²) in [6.07, 6.45) is 7.15. The molecule has 0 aromatic heterocycles. The van der Waals surface area contributed by atoms with E-state index >= 15 is 0 Å². The van der Waals surface area contributed by atoms with Gasteiger partial charge in [-0.05, 0) is 93.7 Å². The number of nitrogens with one attached hydrogen (secondary N) is 2. The smallest absolute Gasteiger partial charge is 0.318 e. The average Bonchev–Trinajstić information content (AvgIpc) is 3.12. The van der Waals surface area contributed by atoms with E-state index in [1.807, 2.05) is 28.0 Å². The Kier molecular flexibility index (Phi) is 13.2. The Labute approximate surface area is 289 Å². The maximum absolute atomic E-state index is 14.2. The van der Waals surface area contributed by atoms with Crippen LogP contribution in [-0.2, 0) is 30.5 Å². The highest BCUT2D eigenvalue weighted by Crippen LogP contribution is 2.22. The highest BCUT2D eigenvalue weighted by atomic mass is 16.2. The van der Waals surface area contributed by atoms with Crippen molar-refractivity contribution in [1.82, 2.24) is 30.2 Å². The van der Waals surface area contributed by atoms with E-state index in [1.165, 1.54) is 16.7 Å². The SMILES string of the molecule is CCc1ccc(C[C@@H](NC(=O)N2CCC(NCCc3ccccc3N)CC2)C(=O)N2CCC(N3CCN(C(C)C)CC3)CC2)cc1CC. The van der Waals surface area contributed by atoms with Gasteiger partial charge in [-0.15, -0.1) is 0 Å². The number of hydrogen-bond acceptors (Lipinski definition) is 6. The number of hydrogen-bond donors (Lipinski definition) is 3. The van der Waals surface area contributed by atoms with Crippen molar-refractivity contribution < 1.29 is 9.59 Å². The van der Waals surface area contributed by atoms with Crippen LogP contribution >= 0.6 is 0 Å². The number of anilines is 1. The topological polar surface area (TPSA) is 97.2 Å². The van der Waals surface area contributed by atoms with Gasteiger partial charge < -0.3 is 26.2 Å². The van der Waals surface area contributed by atoms with Crippen LogP contribution < -0.4 is 16.4 Å². The second-order valence-corrected chi connectivity index (χ2v) is 14.4. The molecule has 3 heterocycles. The zero-order chi connectivity index (χ0) is 34.0. The molecule has 3 aliphatic rings. The van der Waals surface area contributed by atoms with Gasteiger partial charge in [-0.3, -0.25) is 14.6 Å². The lowest BCUT2D eigenvalue weighted by molar-refractivity contribution is -0.135. The van der Waals surface area contributed by atoms with Crippen molar-refractivity contribution >= 4 is 17.6 Å². The third kappa shape index (κ3) is 9.51. The minimum atomic E-state index is -0.576. The molecule has 48 heavy (non-hydrogen) atoms. The molecule has 0 unspecified atom stereocenters. The van der Waals surface area contributed by atoms with Crippen molar-refractivity contribution in [2.75, 3.05) is 64.6 Å². The molecule has 3 saturated heterocycles. The standard InChI is InChI=1S/C39H61N7O2/c1-5-31-12-11-30(27-32(31)6-2)28-37(38(47)45-21-16-35(17-22-45)44-25-23-43(24-26-44)29(3)4)42-39(48)46-19-14-34(15-20-46)41-18-13-33-9-7-8-10-36(33)40/h7-12,27,29,34-35,37,41H,5-6,13-26,28,40H2,1-4H3,(H,42,48)/t37-/m1/s1. The minimum absolute atomic E-state index is 0.0563. The number of carbonyl (C=O) groups is 2.